The number of nitrogens with zero attached hydrogens (tertiary/aromatic N) is 2. The number of hydrogen-bond donors (Lipinski definition) is 0. The van der Waals surface area contributed by atoms with Gasteiger partial charge in [0, 0.05) is 21.9 Å². The van der Waals surface area contributed by atoms with Crippen molar-refractivity contribution >= 4 is 45.2 Å². The van der Waals surface area contributed by atoms with Crippen molar-refractivity contribution in [3.8, 4) is 0 Å². The lowest BCUT2D eigenvalue weighted by Crippen LogP contribution is -2.18. The molecule has 0 amide bonds. The Bertz CT molecular complexity index is 575. The number of aryl methyl sites for hydroxylation is 1. The van der Waals surface area contributed by atoms with Crippen molar-refractivity contribution in [3.05, 3.63) is 27.6 Å². The minimum Gasteiger partial charge on any atom is -0.325 e. The molecule has 0 fully saturated rings. The molecule has 2 nitrogen and oxygen atoms in total. The predicted octanol–water partition coefficient (Wildman–Crippen LogP) is 5.42. The Hall–Kier alpha value is -0.290. The molecule has 0 aliphatic heterocycles. The molecular weight excluding hydrogens is 383 g/mol. The Kier molecular flexibility index (Phi) is 5.73. The first kappa shape index (κ1) is 16.1. The molecule has 1 unspecified atom stereocenters. The van der Waals surface area contributed by atoms with Crippen molar-refractivity contribution < 1.29 is 0 Å². The lowest BCUT2D eigenvalue weighted by molar-refractivity contribution is 0.333. The van der Waals surface area contributed by atoms with Crippen molar-refractivity contribution in [2.24, 2.45) is 5.92 Å². The third-order valence-corrected chi connectivity index (χ3v) is 5.04. The van der Waals surface area contributed by atoms with Crippen molar-refractivity contribution in [2.75, 3.05) is 5.88 Å². The quantitative estimate of drug-likeness (QED) is 0.464. The number of imidazole rings is 1. The highest BCUT2D eigenvalue weighted by Gasteiger charge is 2.21. The molecule has 110 valence electrons. The Morgan fingerprint density at radius 3 is 2.60 bits per heavy atom. The molecule has 0 bridgehead atoms. The van der Waals surface area contributed by atoms with Crippen LogP contribution in [0.5, 0.6) is 0 Å². The zero-order valence-corrected chi connectivity index (χ0v) is 15.3. The van der Waals surface area contributed by atoms with Crippen molar-refractivity contribution in [1.29, 1.82) is 0 Å². The number of hydrogen-bond acceptors (Lipinski definition) is 1. The average Bonchev–Trinajstić information content (AvgIpc) is 2.77. The van der Waals surface area contributed by atoms with Gasteiger partial charge in [-0.05, 0) is 53.6 Å². The molecule has 0 aliphatic rings. The van der Waals surface area contributed by atoms with Crippen LogP contribution in [-0.4, -0.2) is 15.4 Å². The first-order valence-electron chi connectivity index (χ1n) is 7.34. The Balaban J connectivity index is 2.55. The number of alkyl halides is 1. The second kappa shape index (κ2) is 7.12. The van der Waals surface area contributed by atoms with Gasteiger partial charge in [-0.25, -0.2) is 4.98 Å². The molecule has 0 saturated carbocycles. The normalized spacial score (nSPS) is 13.3. The Morgan fingerprint density at radius 2 is 2.00 bits per heavy atom. The summed E-state index contributed by atoms with van der Waals surface area (Å²) >= 11 is 8.30. The van der Waals surface area contributed by atoms with Gasteiger partial charge in [-0.3, -0.25) is 0 Å². The molecular formula is C16H22ClIN2. The van der Waals surface area contributed by atoms with E-state index in [0.29, 0.717) is 17.8 Å². The summed E-state index contributed by atoms with van der Waals surface area (Å²) in [5.74, 6) is 2.42. The average molecular weight is 405 g/mol. The molecule has 20 heavy (non-hydrogen) atoms. The summed E-state index contributed by atoms with van der Waals surface area (Å²) in [7, 11) is 0. The van der Waals surface area contributed by atoms with Crippen LogP contribution in [0.1, 0.15) is 45.5 Å². The molecule has 1 aromatic heterocycles. The van der Waals surface area contributed by atoms with Crippen LogP contribution in [0.3, 0.4) is 0 Å². The summed E-state index contributed by atoms with van der Waals surface area (Å²) in [5.41, 5.74) is 2.33. The summed E-state index contributed by atoms with van der Waals surface area (Å²) in [4.78, 5) is 4.81. The minimum absolute atomic E-state index is 0.466. The van der Waals surface area contributed by atoms with E-state index in [-0.39, 0.29) is 0 Å². The van der Waals surface area contributed by atoms with Crippen LogP contribution in [0.2, 0.25) is 0 Å². The van der Waals surface area contributed by atoms with Gasteiger partial charge in [-0.1, -0.05) is 26.7 Å². The highest BCUT2D eigenvalue weighted by molar-refractivity contribution is 14.1. The summed E-state index contributed by atoms with van der Waals surface area (Å²) in [5, 5.41) is 0. The third kappa shape index (κ3) is 3.14. The van der Waals surface area contributed by atoms with E-state index in [1.54, 1.807) is 0 Å². The fourth-order valence-corrected chi connectivity index (χ4v) is 3.66. The van der Waals surface area contributed by atoms with Crippen LogP contribution in [0.25, 0.3) is 11.0 Å². The van der Waals surface area contributed by atoms with Crippen LogP contribution < -0.4 is 0 Å². The Morgan fingerprint density at radius 1 is 1.30 bits per heavy atom. The lowest BCUT2D eigenvalue weighted by Gasteiger charge is -2.25. The zero-order chi connectivity index (χ0) is 14.7. The highest BCUT2D eigenvalue weighted by atomic mass is 127. The van der Waals surface area contributed by atoms with Crippen LogP contribution in [-0.2, 0) is 6.42 Å². The molecule has 0 saturated heterocycles. The van der Waals surface area contributed by atoms with E-state index < -0.39 is 0 Å². The lowest BCUT2D eigenvalue weighted by atomic mass is 9.95. The van der Waals surface area contributed by atoms with Crippen molar-refractivity contribution in [3.63, 3.8) is 0 Å². The highest BCUT2D eigenvalue weighted by Crippen LogP contribution is 2.30. The maximum absolute atomic E-state index is 5.96. The molecule has 2 rings (SSSR count). The van der Waals surface area contributed by atoms with E-state index in [0.717, 1.165) is 17.8 Å². The minimum atomic E-state index is 0.466. The third-order valence-electron chi connectivity index (χ3n) is 4.18. The summed E-state index contributed by atoms with van der Waals surface area (Å²) < 4.78 is 3.64. The molecule has 0 radical (unpaired) electrons. The largest absolute Gasteiger partial charge is 0.325 e. The summed E-state index contributed by atoms with van der Waals surface area (Å²) in [6, 6.07) is 6.98. The molecule has 4 heteroatoms. The SMILES string of the molecule is CCC(CC)C(C)n1c(CCCl)nc2cc(I)ccc21. The maximum atomic E-state index is 5.96. The summed E-state index contributed by atoms with van der Waals surface area (Å²) in [6.45, 7) is 6.86. The molecule has 0 N–H and O–H groups in total. The molecule has 2 aromatic rings. The fourth-order valence-electron chi connectivity index (χ4n) is 3.02. The maximum Gasteiger partial charge on any atom is 0.111 e. The first-order chi connectivity index (χ1) is 9.62. The Labute approximate surface area is 140 Å². The van der Waals surface area contributed by atoms with E-state index in [1.807, 2.05) is 0 Å². The van der Waals surface area contributed by atoms with Gasteiger partial charge in [-0.15, -0.1) is 11.6 Å². The topological polar surface area (TPSA) is 17.8 Å². The van der Waals surface area contributed by atoms with E-state index in [4.69, 9.17) is 16.6 Å². The molecule has 1 atom stereocenters. The molecule has 1 aromatic carbocycles. The molecule has 0 aliphatic carbocycles. The number of rotatable bonds is 6. The number of aromatic nitrogens is 2. The molecule has 1 heterocycles. The number of benzene rings is 1. The number of halogens is 2. The standard InChI is InChI=1S/C16H22ClIN2/c1-4-12(5-2)11(3)20-15-7-6-13(18)10-14(15)19-16(20)8-9-17/h6-7,10-12H,4-5,8-9H2,1-3H3. The fraction of sp³-hybridized carbons (Fsp3) is 0.562. The monoisotopic (exact) mass is 404 g/mol. The van der Waals surface area contributed by atoms with Crippen LogP contribution in [0.15, 0.2) is 18.2 Å². The van der Waals surface area contributed by atoms with Gasteiger partial charge in [0.25, 0.3) is 0 Å². The van der Waals surface area contributed by atoms with Gasteiger partial charge in [0.2, 0.25) is 0 Å². The zero-order valence-electron chi connectivity index (χ0n) is 12.4. The molecule has 0 spiro atoms. The van der Waals surface area contributed by atoms with Crippen molar-refractivity contribution in [2.45, 2.75) is 46.1 Å². The van der Waals surface area contributed by atoms with Gasteiger partial charge in [0.1, 0.15) is 5.82 Å². The smallest absolute Gasteiger partial charge is 0.111 e. The second-order valence-corrected chi connectivity index (χ2v) is 6.91. The van der Waals surface area contributed by atoms with E-state index in [2.05, 4.69) is 66.1 Å². The summed E-state index contributed by atoms with van der Waals surface area (Å²) in [6.07, 6.45) is 3.22. The van der Waals surface area contributed by atoms with Crippen LogP contribution >= 0.6 is 34.2 Å². The van der Waals surface area contributed by atoms with E-state index >= 15 is 0 Å². The van der Waals surface area contributed by atoms with Gasteiger partial charge < -0.3 is 4.57 Å². The first-order valence-corrected chi connectivity index (χ1v) is 8.96. The van der Waals surface area contributed by atoms with Gasteiger partial charge in [-0.2, -0.15) is 0 Å². The van der Waals surface area contributed by atoms with Crippen LogP contribution in [0, 0.1) is 9.49 Å². The van der Waals surface area contributed by atoms with Gasteiger partial charge in [0.15, 0.2) is 0 Å². The van der Waals surface area contributed by atoms with Gasteiger partial charge >= 0.3 is 0 Å². The number of fused-ring (bicyclic) bond motifs is 1. The predicted molar refractivity (Wildman–Crippen MR) is 95.7 cm³/mol. The van der Waals surface area contributed by atoms with Crippen LogP contribution in [0.4, 0.5) is 0 Å². The van der Waals surface area contributed by atoms with Crippen molar-refractivity contribution in [1.82, 2.24) is 9.55 Å². The van der Waals surface area contributed by atoms with Gasteiger partial charge in [0.05, 0.1) is 11.0 Å². The second-order valence-electron chi connectivity index (χ2n) is 5.29. The van der Waals surface area contributed by atoms with E-state index in [9.17, 15) is 0 Å². The van der Waals surface area contributed by atoms with E-state index in [1.165, 1.54) is 21.9 Å².